The number of alkyl halides is 2. The monoisotopic (exact) mass is 392 g/mol. The Kier molecular flexibility index (Phi) is 5.01. The van der Waals surface area contributed by atoms with Crippen LogP contribution in [-0.4, -0.2) is 62.9 Å². The molecule has 0 bridgehead atoms. The molecule has 7 nitrogen and oxygen atoms in total. The molecule has 2 atom stereocenters. The number of nitrogens with zero attached hydrogens (tertiary/aromatic N) is 2. The number of H-pyrrole nitrogens is 2. The molecule has 2 aromatic rings. The van der Waals surface area contributed by atoms with Gasteiger partial charge in [0.15, 0.2) is 5.65 Å². The van der Waals surface area contributed by atoms with E-state index in [1.807, 2.05) is 6.08 Å². The molecule has 0 saturated heterocycles. The summed E-state index contributed by atoms with van der Waals surface area (Å²) in [6, 6.07) is 3.17. The van der Waals surface area contributed by atoms with E-state index in [-0.39, 0.29) is 24.7 Å². The number of aliphatic hydroxyl groups is 1. The number of halogens is 2. The number of carbonyl (C=O) groups excluding carboxylic acids is 1. The summed E-state index contributed by atoms with van der Waals surface area (Å²) in [6.45, 7) is 0.289. The normalized spacial score (nSPS) is 28.4. The van der Waals surface area contributed by atoms with Crippen molar-refractivity contribution in [2.75, 3.05) is 19.7 Å². The van der Waals surface area contributed by atoms with Gasteiger partial charge in [-0.3, -0.25) is 9.78 Å². The summed E-state index contributed by atoms with van der Waals surface area (Å²) in [5.41, 5.74) is 1.67. The summed E-state index contributed by atoms with van der Waals surface area (Å²) in [4.78, 5) is 33.8. The quantitative estimate of drug-likeness (QED) is 0.690. The van der Waals surface area contributed by atoms with Crippen LogP contribution in [0.15, 0.2) is 28.6 Å². The number of rotatable bonds is 3. The standard InChI is InChI=1S/C19H22F2N4O3/c20-12-7-11(10-3-5-25(6-4-10)16(27)9-26)8-13(21)17(12)14-1-2-15-18(22-14)24-19(28)23-15/h1-3,11-13,17,26H,4-9H2,(H2,22,23,24,28). The fourth-order valence-corrected chi connectivity index (χ4v) is 4.33. The van der Waals surface area contributed by atoms with Crippen LogP contribution in [0.25, 0.3) is 11.2 Å². The number of aromatic nitrogens is 3. The van der Waals surface area contributed by atoms with Crippen LogP contribution in [0.1, 0.15) is 30.9 Å². The number of pyridine rings is 1. The zero-order valence-corrected chi connectivity index (χ0v) is 15.2. The van der Waals surface area contributed by atoms with Crippen LogP contribution in [0.2, 0.25) is 0 Å². The Balaban J connectivity index is 1.49. The first-order chi connectivity index (χ1) is 13.5. The molecule has 1 fully saturated rings. The van der Waals surface area contributed by atoms with Gasteiger partial charge >= 0.3 is 5.69 Å². The number of amides is 1. The highest BCUT2D eigenvalue weighted by molar-refractivity contribution is 5.77. The summed E-state index contributed by atoms with van der Waals surface area (Å²) in [7, 11) is 0. The minimum Gasteiger partial charge on any atom is -0.387 e. The molecular weight excluding hydrogens is 370 g/mol. The predicted molar refractivity (Wildman–Crippen MR) is 98.3 cm³/mol. The summed E-state index contributed by atoms with van der Waals surface area (Å²) >= 11 is 0. The van der Waals surface area contributed by atoms with Gasteiger partial charge in [-0.25, -0.2) is 18.6 Å². The van der Waals surface area contributed by atoms with Crippen LogP contribution < -0.4 is 5.69 Å². The maximum Gasteiger partial charge on any atom is 0.325 e. The van der Waals surface area contributed by atoms with Gasteiger partial charge in [-0.05, 0) is 37.3 Å². The lowest BCUT2D eigenvalue weighted by Gasteiger charge is -2.37. The molecule has 4 rings (SSSR count). The third-order valence-corrected chi connectivity index (χ3v) is 5.79. The lowest BCUT2D eigenvalue weighted by molar-refractivity contribution is -0.133. The lowest BCUT2D eigenvalue weighted by atomic mass is 9.73. The maximum atomic E-state index is 15.0. The highest BCUT2D eigenvalue weighted by atomic mass is 19.1. The van der Waals surface area contributed by atoms with E-state index in [0.717, 1.165) is 5.57 Å². The molecule has 3 heterocycles. The Morgan fingerprint density at radius 3 is 2.64 bits per heavy atom. The van der Waals surface area contributed by atoms with Crippen LogP contribution in [0, 0.1) is 5.92 Å². The Morgan fingerprint density at radius 1 is 1.25 bits per heavy atom. The number of fused-ring (bicyclic) bond motifs is 1. The van der Waals surface area contributed by atoms with E-state index in [0.29, 0.717) is 36.4 Å². The van der Waals surface area contributed by atoms with Gasteiger partial charge in [0, 0.05) is 13.1 Å². The molecule has 2 aromatic heterocycles. The molecule has 0 spiro atoms. The van der Waals surface area contributed by atoms with E-state index in [2.05, 4.69) is 15.0 Å². The number of aliphatic hydroxyl groups excluding tert-OH is 1. The molecule has 150 valence electrons. The summed E-state index contributed by atoms with van der Waals surface area (Å²) in [5, 5.41) is 8.94. The first-order valence-corrected chi connectivity index (χ1v) is 9.41. The van der Waals surface area contributed by atoms with Gasteiger partial charge in [-0.1, -0.05) is 11.6 Å². The molecule has 3 N–H and O–H groups in total. The minimum atomic E-state index is -1.39. The average molecular weight is 392 g/mol. The number of imidazole rings is 1. The third kappa shape index (κ3) is 3.46. The SMILES string of the molecule is O=C(CO)N1CC=C(C2CC(F)C(c3ccc4[nH]c(=O)[nH]c4n3)C(F)C2)CC1. The van der Waals surface area contributed by atoms with E-state index >= 15 is 0 Å². The number of carbonyl (C=O) groups is 1. The van der Waals surface area contributed by atoms with Crippen molar-refractivity contribution in [3.8, 4) is 0 Å². The molecule has 9 heteroatoms. The van der Waals surface area contributed by atoms with Crippen LogP contribution in [0.5, 0.6) is 0 Å². The van der Waals surface area contributed by atoms with Gasteiger partial charge in [0.1, 0.15) is 19.0 Å². The molecule has 2 aliphatic rings. The second-order valence-electron chi connectivity index (χ2n) is 7.46. The molecule has 2 unspecified atom stereocenters. The van der Waals surface area contributed by atoms with Gasteiger partial charge in [0.05, 0.1) is 17.1 Å². The number of hydrogen-bond donors (Lipinski definition) is 3. The molecule has 0 aromatic carbocycles. The highest BCUT2D eigenvalue weighted by Gasteiger charge is 2.41. The second kappa shape index (κ2) is 7.46. The Hall–Kier alpha value is -2.55. The van der Waals surface area contributed by atoms with E-state index in [1.54, 1.807) is 12.1 Å². The first kappa shape index (κ1) is 18.8. The van der Waals surface area contributed by atoms with Gasteiger partial charge in [0.2, 0.25) is 5.91 Å². The van der Waals surface area contributed by atoms with Gasteiger partial charge in [-0.15, -0.1) is 0 Å². The van der Waals surface area contributed by atoms with Crippen molar-refractivity contribution in [2.45, 2.75) is 37.5 Å². The molecule has 28 heavy (non-hydrogen) atoms. The van der Waals surface area contributed by atoms with Crippen molar-refractivity contribution in [2.24, 2.45) is 5.92 Å². The number of nitrogens with one attached hydrogen (secondary N) is 2. The zero-order chi connectivity index (χ0) is 19.8. The van der Waals surface area contributed by atoms with E-state index in [4.69, 9.17) is 5.11 Å². The average Bonchev–Trinajstić information content (AvgIpc) is 3.06. The fourth-order valence-electron chi connectivity index (χ4n) is 4.33. The molecule has 1 aliphatic carbocycles. The van der Waals surface area contributed by atoms with Crippen LogP contribution in [0.4, 0.5) is 8.78 Å². The predicted octanol–water partition coefficient (Wildman–Crippen LogP) is 1.57. The van der Waals surface area contributed by atoms with Crippen LogP contribution >= 0.6 is 0 Å². The Morgan fingerprint density at radius 2 is 2.00 bits per heavy atom. The second-order valence-corrected chi connectivity index (χ2v) is 7.46. The van der Waals surface area contributed by atoms with E-state index in [9.17, 15) is 18.4 Å². The highest BCUT2D eigenvalue weighted by Crippen LogP contribution is 2.43. The third-order valence-electron chi connectivity index (χ3n) is 5.79. The molecule has 1 aliphatic heterocycles. The molecular formula is C19H22F2N4O3. The first-order valence-electron chi connectivity index (χ1n) is 9.41. The summed E-state index contributed by atoms with van der Waals surface area (Å²) in [6.07, 6.45) is 0.0541. The van der Waals surface area contributed by atoms with Gasteiger partial charge in [0.25, 0.3) is 0 Å². The smallest absolute Gasteiger partial charge is 0.325 e. The number of hydrogen-bond acceptors (Lipinski definition) is 4. The summed E-state index contributed by atoms with van der Waals surface area (Å²) in [5.74, 6) is -1.51. The largest absolute Gasteiger partial charge is 0.387 e. The topological polar surface area (TPSA) is 102 Å². The Labute approximate surface area is 159 Å². The van der Waals surface area contributed by atoms with E-state index in [1.165, 1.54) is 4.90 Å². The molecule has 0 radical (unpaired) electrons. The lowest BCUT2D eigenvalue weighted by Crippen LogP contribution is -2.39. The maximum absolute atomic E-state index is 15.0. The van der Waals surface area contributed by atoms with Crippen LogP contribution in [0.3, 0.4) is 0 Å². The van der Waals surface area contributed by atoms with Crippen molar-refractivity contribution < 1.29 is 18.7 Å². The molecule has 1 saturated carbocycles. The van der Waals surface area contributed by atoms with Crippen molar-refractivity contribution in [1.82, 2.24) is 19.9 Å². The van der Waals surface area contributed by atoms with Crippen molar-refractivity contribution in [1.29, 1.82) is 0 Å². The van der Waals surface area contributed by atoms with Crippen molar-refractivity contribution in [3.63, 3.8) is 0 Å². The molecule has 1 amide bonds. The van der Waals surface area contributed by atoms with Gasteiger partial charge < -0.3 is 15.0 Å². The Bertz CT molecular complexity index is 957. The van der Waals surface area contributed by atoms with E-state index < -0.39 is 30.6 Å². The van der Waals surface area contributed by atoms with Crippen LogP contribution in [-0.2, 0) is 4.79 Å². The number of aromatic amines is 2. The van der Waals surface area contributed by atoms with Crippen molar-refractivity contribution in [3.05, 3.63) is 40.0 Å². The minimum absolute atomic E-state index is 0.203. The summed E-state index contributed by atoms with van der Waals surface area (Å²) < 4.78 is 29.9. The zero-order valence-electron chi connectivity index (χ0n) is 15.2. The fraction of sp³-hybridized carbons (Fsp3) is 0.526. The van der Waals surface area contributed by atoms with Crippen molar-refractivity contribution >= 4 is 17.1 Å². The van der Waals surface area contributed by atoms with Gasteiger partial charge in [-0.2, -0.15) is 0 Å².